The van der Waals surface area contributed by atoms with Crippen LogP contribution in [0.3, 0.4) is 0 Å². The number of rotatable bonds is 2. The second kappa shape index (κ2) is 4.71. The summed E-state index contributed by atoms with van der Waals surface area (Å²) in [6, 6.07) is 7.66. The molecule has 18 heavy (non-hydrogen) atoms. The predicted molar refractivity (Wildman–Crippen MR) is 68.9 cm³/mol. The fourth-order valence-corrected chi connectivity index (χ4v) is 2.38. The number of hydrogen-bond acceptors (Lipinski definition) is 4. The zero-order valence-corrected chi connectivity index (χ0v) is 10.1. The van der Waals surface area contributed by atoms with Gasteiger partial charge in [-0.05, 0) is 43.6 Å². The van der Waals surface area contributed by atoms with E-state index in [1.165, 1.54) is 6.42 Å². The van der Waals surface area contributed by atoms with Crippen molar-refractivity contribution in [2.75, 3.05) is 13.1 Å². The number of benzene rings is 1. The first-order valence-electron chi connectivity index (χ1n) is 6.21. The first-order chi connectivity index (χ1) is 8.85. The van der Waals surface area contributed by atoms with Gasteiger partial charge in [-0.1, -0.05) is 0 Å². The maximum Gasteiger partial charge on any atom is 0.129 e. The van der Waals surface area contributed by atoms with E-state index in [2.05, 4.69) is 21.4 Å². The van der Waals surface area contributed by atoms with Crippen LogP contribution in [0.2, 0.25) is 0 Å². The first kappa shape index (κ1) is 11.1. The van der Waals surface area contributed by atoms with Crippen LogP contribution < -0.4 is 5.32 Å². The molecule has 4 heteroatoms. The largest absolute Gasteiger partial charge is 0.316 e. The number of nitrogens with zero attached hydrogens (tertiary/aromatic N) is 3. The molecule has 1 aromatic carbocycles. The molecule has 90 valence electrons. The number of aromatic nitrogens is 2. The molecular formula is C14H14N4. The quantitative estimate of drug-likeness (QED) is 0.864. The van der Waals surface area contributed by atoms with Crippen LogP contribution in [0, 0.1) is 17.2 Å². The third kappa shape index (κ3) is 2.18. The monoisotopic (exact) mass is 238 g/mol. The topological polar surface area (TPSA) is 61.6 Å². The summed E-state index contributed by atoms with van der Waals surface area (Å²) in [5.74, 6) is 1.52. The zero-order valence-electron chi connectivity index (χ0n) is 10.1. The van der Waals surface area contributed by atoms with E-state index in [-0.39, 0.29) is 0 Å². The second-order valence-electron chi connectivity index (χ2n) is 4.73. The van der Waals surface area contributed by atoms with Gasteiger partial charge in [0.25, 0.3) is 0 Å². The van der Waals surface area contributed by atoms with Crippen molar-refractivity contribution in [2.45, 2.75) is 12.8 Å². The maximum atomic E-state index is 8.89. The van der Waals surface area contributed by atoms with Gasteiger partial charge in [-0.25, -0.2) is 9.97 Å². The summed E-state index contributed by atoms with van der Waals surface area (Å²) in [6.45, 7) is 2.15. The highest BCUT2D eigenvalue weighted by molar-refractivity contribution is 5.79. The van der Waals surface area contributed by atoms with Gasteiger partial charge in [0.05, 0.1) is 17.1 Å². The Balaban J connectivity index is 1.91. The minimum Gasteiger partial charge on any atom is -0.316 e. The van der Waals surface area contributed by atoms with Crippen molar-refractivity contribution in [1.82, 2.24) is 15.3 Å². The van der Waals surface area contributed by atoms with E-state index >= 15 is 0 Å². The van der Waals surface area contributed by atoms with Crippen molar-refractivity contribution in [2.24, 2.45) is 5.92 Å². The van der Waals surface area contributed by atoms with Crippen LogP contribution in [-0.2, 0) is 6.42 Å². The second-order valence-corrected chi connectivity index (χ2v) is 4.73. The molecule has 0 aliphatic carbocycles. The molecule has 3 rings (SSSR count). The van der Waals surface area contributed by atoms with E-state index in [1.807, 2.05) is 18.3 Å². The van der Waals surface area contributed by atoms with Gasteiger partial charge in [0, 0.05) is 18.0 Å². The summed E-state index contributed by atoms with van der Waals surface area (Å²) in [6.07, 6.45) is 3.96. The van der Waals surface area contributed by atoms with Gasteiger partial charge < -0.3 is 5.32 Å². The van der Waals surface area contributed by atoms with E-state index in [4.69, 9.17) is 5.26 Å². The fourth-order valence-electron chi connectivity index (χ4n) is 2.38. The molecule has 0 bridgehead atoms. The summed E-state index contributed by atoms with van der Waals surface area (Å²) in [4.78, 5) is 8.96. The molecule has 0 saturated carbocycles. The lowest BCUT2D eigenvalue weighted by Crippen LogP contribution is -2.12. The van der Waals surface area contributed by atoms with Crippen molar-refractivity contribution < 1.29 is 0 Å². The van der Waals surface area contributed by atoms with E-state index in [0.717, 1.165) is 36.2 Å². The Labute approximate surface area is 106 Å². The highest BCUT2D eigenvalue weighted by Gasteiger charge is 2.16. The third-order valence-corrected chi connectivity index (χ3v) is 3.40. The number of nitriles is 1. The summed E-state index contributed by atoms with van der Waals surface area (Å²) < 4.78 is 0. The Kier molecular flexibility index (Phi) is 2.91. The lowest BCUT2D eigenvalue weighted by molar-refractivity contribution is 0.563. The molecule has 0 radical (unpaired) electrons. The third-order valence-electron chi connectivity index (χ3n) is 3.40. The van der Waals surface area contributed by atoms with Crippen molar-refractivity contribution in [3.63, 3.8) is 0 Å². The van der Waals surface area contributed by atoms with Gasteiger partial charge in [-0.3, -0.25) is 0 Å². The molecule has 2 heterocycles. The predicted octanol–water partition coefficient (Wildman–Crippen LogP) is 1.65. The minimum absolute atomic E-state index is 0.640. The Morgan fingerprint density at radius 2 is 2.39 bits per heavy atom. The van der Waals surface area contributed by atoms with Gasteiger partial charge in [-0.15, -0.1) is 0 Å². The van der Waals surface area contributed by atoms with Gasteiger partial charge in [0.2, 0.25) is 0 Å². The molecule has 0 unspecified atom stereocenters. The van der Waals surface area contributed by atoms with Crippen LogP contribution in [0.25, 0.3) is 10.9 Å². The number of hydrogen-bond donors (Lipinski definition) is 1. The molecule has 1 aliphatic rings. The molecule has 0 spiro atoms. The molecule has 2 aromatic rings. The average Bonchev–Trinajstić information content (AvgIpc) is 2.90. The molecule has 0 amide bonds. The highest BCUT2D eigenvalue weighted by atomic mass is 14.9. The average molecular weight is 238 g/mol. The molecule has 1 N–H and O–H groups in total. The lowest BCUT2D eigenvalue weighted by atomic mass is 10.0. The first-order valence-corrected chi connectivity index (χ1v) is 6.21. The van der Waals surface area contributed by atoms with Gasteiger partial charge in [-0.2, -0.15) is 5.26 Å². The fraction of sp³-hybridized carbons (Fsp3) is 0.357. The molecule has 1 fully saturated rings. The maximum absolute atomic E-state index is 8.89. The van der Waals surface area contributed by atoms with Gasteiger partial charge in [0.15, 0.2) is 0 Å². The van der Waals surface area contributed by atoms with Crippen molar-refractivity contribution >= 4 is 10.9 Å². The summed E-state index contributed by atoms with van der Waals surface area (Å²) in [5, 5.41) is 13.2. The van der Waals surface area contributed by atoms with Crippen LogP contribution in [0.5, 0.6) is 0 Å². The normalized spacial score (nSPS) is 18.9. The summed E-state index contributed by atoms with van der Waals surface area (Å²) >= 11 is 0. The summed E-state index contributed by atoms with van der Waals surface area (Å²) in [7, 11) is 0. The number of nitrogens with one attached hydrogen (secondary N) is 1. The zero-order chi connectivity index (χ0) is 12.4. The molecule has 1 aliphatic heterocycles. The van der Waals surface area contributed by atoms with Crippen LogP contribution >= 0.6 is 0 Å². The Morgan fingerprint density at radius 1 is 1.44 bits per heavy atom. The van der Waals surface area contributed by atoms with E-state index in [1.54, 1.807) is 6.07 Å². The number of fused-ring (bicyclic) bond motifs is 1. The SMILES string of the molecule is N#Cc1ccc2cnc(C[C@H]3CCNC3)nc2c1. The molecule has 4 nitrogen and oxygen atoms in total. The smallest absolute Gasteiger partial charge is 0.129 e. The van der Waals surface area contributed by atoms with Crippen molar-refractivity contribution in [3.05, 3.63) is 35.8 Å². The van der Waals surface area contributed by atoms with E-state index in [9.17, 15) is 0 Å². The lowest BCUT2D eigenvalue weighted by Gasteiger charge is -2.07. The molecule has 1 atom stereocenters. The van der Waals surface area contributed by atoms with Crippen LogP contribution in [0.4, 0.5) is 0 Å². The van der Waals surface area contributed by atoms with E-state index < -0.39 is 0 Å². The molecule has 1 saturated heterocycles. The van der Waals surface area contributed by atoms with Gasteiger partial charge in [0.1, 0.15) is 5.82 Å². The standard InChI is InChI=1S/C14H14N4/c15-7-10-1-2-12-9-17-14(18-13(12)5-10)6-11-3-4-16-8-11/h1-2,5,9,11,16H,3-4,6,8H2/t11-/m1/s1. The molecular weight excluding hydrogens is 224 g/mol. The van der Waals surface area contributed by atoms with Crippen molar-refractivity contribution in [3.8, 4) is 6.07 Å². The highest BCUT2D eigenvalue weighted by Crippen LogP contribution is 2.16. The Morgan fingerprint density at radius 3 is 3.17 bits per heavy atom. The Hall–Kier alpha value is -1.99. The van der Waals surface area contributed by atoms with Crippen LogP contribution in [0.15, 0.2) is 24.4 Å². The van der Waals surface area contributed by atoms with Gasteiger partial charge >= 0.3 is 0 Å². The van der Waals surface area contributed by atoms with Crippen LogP contribution in [-0.4, -0.2) is 23.1 Å². The van der Waals surface area contributed by atoms with E-state index in [0.29, 0.717) is 11.5 Å². The minimum atomic E-state index is 0.640. The van der Waals surface area contributed by atoms with Crippen LogP contribution in [0.1, 0.15) is 17.8 Å². The summed E-state index contributed by atoms with van der Waals surface area (Å²) in [5.41, 5.74) is 1.51. The molecule has 1 aromatic heterocycles. The Bertz CT molecular complexity index is 609. The van der Waals surface area contributed by atoms with Crippen molar-refractivity contribution in [1.29, 1.82) is 5.26 Å².